The number of aliphatic hydroxyl groups is 1. The third-order valence-electron chi connectivity index (χ3n) is 9.45. The second kappa shape index (κ2) is 15.1. The van der Waals surface area contributed by atoms with Crippen molar-refractivity contribution in [2.45, 2.75) is 112 Å². The van der Waals surface area contributed by atoms with Gasteiger partial charge in [0.05, 0.1) is 18.1 Å². The summed E-state index contributed by atoms with van der Waals surface area (Å²) < 4.78 is 0. The molecule has 11 heteroatoms. The molecule has 0 bridgehead atoms. The normalized spacial score (nSPS) is 21.0. The SMILES string of the molecule is C#CC(C)(C)[C@H]1CCN(C(=O)[C@@H](NC(O)N[C@H](C(=O)c2ccc(C)cc2)C(C)C)C(C)(C)C)[C@@H]1C(=O)NC(CC1CC1)C(=O)C(N)=O. The summed E-state index contributed by atoms with van der Waals surface area (Å²) in [5.41, 5.74) is 5.29. The molecule has 258 valence electrons. The summed E-state index contributed by atoms with van der Waals surface area (Å²) in [6, 6.07) is 3.30. The fourth-order valence-electron chi connectivity index (χ4n) is 6.28. The van der Waals surface area contributed by atoms with Crippen LogP contribution >= 0.6 is 0 Å². The predicted octanol–water partition coefficient (Wildman–Crippen LogP) is 2.29. The lowest BCUT2D eigenvalue weighted by Gasteiger charge is -2.39. The highest BCUT2D eigenvalue weighted by molar-refractivity contribution is 6.37. The number of aryl methyl sites for hydroxylation is 1. The fraction of sp³-hybridized carbons (Fsp3) is 0.639. The number of benzene rings is 1. The Hall–Kier alpha value is -3.59. The lowest BCUT2D eigenvalue weighted by Crippen LogP contribution is -2.63. The summed E-state index contributed by atoms with van der Waals surface area (Å²) in [6.07, 6.45) is 6.94. The predicted molar refractivity (Wildman–Crippen MR) is 179 cm³/mol. The molecule has 1 saturated heterocycles. The number of nitrogens with one attached hydrogen (secondary N) is 3. The van der Waals surface area contributed by atoms with E-state index in [4.69, 9.17) is 12.2 Å². The number of hydrogen-bond acceptors (Lipinski definition) is 8. The molecule has 1 aromatic rings. The van der Waals surface area contributed by atoms with Crippen LogP contribution in [-0.2, 0) is 19.2 Å². The van der Waals surface area contributed by atoms with Crippen LogP contribution in [0.4, 0.5) is 0 Å². The number of nitrogens with two attached hydrogens (primary N) is 1. The Morgan fingerprint density at radius 2 is 1.62 bits per heavy atom. The van der Waals surface area contributed by atoms with E-state index < -0.39 is 70.8 Å². The van der Waals surface area contributed by atoms with Crippen LogP contribution in [0, 0.1) is 47.9 Å². The van der Waals surface area contributed by atoms with Gasteiger partial charge < -0.3 is 21.1 Å². The molecule has 3 rings (SSSR count). The number of hydrogen-bond donors (Lipinski definition) is 5. The topological polar surface area (TPSA) is 171 Å². The molecule has 0 radical (unpaired) electrons. The van der Waals surface area contributed by atoms with Crippen molar-refractivity contribution in [2.24, 2.45) is 34.3 Å². The monoisotopic (exact) mass is 651 g/mol. The highest BCUT2D eigenvalue weighted by atomic mass is 16.3. The van der Waals surface area contributed by atoms with Crippen LogP contribution < -0.4 is 21.7 Å². The van der Waals surface area contributed by atoms with Crippen LogP contribution in [0.25, 0.3) is 0 Å². The number of carbonyl (C=O) groups is 5. The van der Waals surface area contributed by atoms with Crippen LogP contribution in [0.2, 0.25) is 0 Å². The van der Waals surface area contributed by atoms with Crippen LogP contribution in [-0.4, -0.2) is 76.4 Å². The summed E-state index contributed by atoms with van der Waals surface area (Å²) in [4.78, 5) is 67.8. The molecule has 1 aromatic carbocycles. The number of aliphatic hydroxyl groups excluding tert-OH is 1. The number of Topliss-reactive ketones (excluding diaryl/α,β-unsaturated/α-hetero) is 2. The third-order valence-corrected chi connectivity index (χ3v) is 9.45. The van der Waals surface area contributed by atoms with Crippen molar-refractivity contribution in [3.63, 3.8) is 0 Å². The van der Waals surface area contributed by atoms with Gasteiger partial charge >= 0.3 is 0 Å². The fourth-order valence-corrected chi connectivity index (χ4v) is 6.28. The maximum absolute atomic E-state index is 14.4. The van der Waals surface area contributed by atoms with Gasteiger partial charge in [-0.25, -0.2) is 0 Å². The Labute approximate surface area is 279 Å². The summed E-state index contributed by atoms with van der Waals surface area (Å²) >= 11 is 0. The van der Waals surface area contributed by atoms with Crippen molar-refractivity contribution in [2.75, 3.05) is 6.54 Å². The van der Waals surface area contributed by atoms with Crippen LogP contribution in [0.15, 0.2) is 24.3 Å². The number of carbonyl (C=O) groups excluding carboxylic acids is 5. The summed E-state index contributed by atoms with van der Waals surface area (Å²) in [5, 5.41) is 19.9. The van der Waals surface area contributed by atoms with E-state index in [2.05, 4.69) is 21.9 Å². The van der Waals surface area contributed by atoms with E-state index in [-0.39, 0.29) is 24.2 Å². The first-order valence-corrected chi connectivity index (χ1v) is 16.5. The van der Waals surface area contributed by atoms with Gasteiger partial charge in [0.25, 0.3) is 5.91 Å². The zero-order valence-corrected chi connectivity index (χ0v) is 29.1. The molecule has 6 N–H and O–H groups in total. The lowest BCUT2D eigenvalue weighted by atomic mass is 9.75. The highest BCUT2D eigenvalue weighted by Gasteiger charge is 2.51. The van der Waals surface area contributed by atoms with Crippen molar-refractivity contribution in [1.82, 2.24) is 20.9 Å². The van der Waals surface area contributed by atoms with E-state index in [1.807, 2.05) is 67.5 Å². The van der Waals surface area contributed by atoms with Gasteiger partial charge in [0.1, 0.15) is 6.04 Å². The zero-order chi connectivity index (χ0) is 35.4. The molecule has 3 amide bonds. The molecule has 6 atom stereocenters. The smallest absolute Gasteiger partial charge is 0.287 e. The Bertz CT molecular complexity index is 1370. The molecule has 0 aromatic heterocycles. The molecule has 1 aliphatic carbocycles. The Morgan fingerprint density at radius 1 is 1.02 bits per heavy atom. The number of ketones is 2. The minimum atomic E-state index is -1.45. The van der Waals surface area contributed by atoms with Gasteiger partial charge in [0.2, 0.25) is 17.6 Å². The van der Waals surface area contributed by atoms with E-state index in [1.54, 1.807) is 12.1 Å². The minimum absolute atomic E-state index is 0.186. The maximum Gasteiger partial charge on any atom is 0.287 e. The Morgan fingerprint density at radius 3 is 2.11 bits per heavy atom. The Balaban J connectivity index is 1.88. The van der Waals surface area contributed by atoms with E-state index in [0.29, 0.717) is 18.4 Å². The lowest BCUT2D eigenvalue weighted by molar-refractivity contribution is -0.146. The van der Waals surface area contributed by atoms with E-state index in [9.17, 15) is 29.1 Å². The van der Waals surface area contributed by atoms with E-state index >= 15 is 0 Å². The molecule has 11 nitrogen and oxygen atoms in total. The third kappa shape index (κ3) is 9.49. The minimum Gasteiger partial charge on any atom is -0.365 e. The highest BCUT2D eigenvalue weighted by Crippen LogP contribution is 2.40. The van der Waals surface area contributed by atoms with Gasteiger partial charge in [0, 0.05) is 23.4 Å². The first-order chi connectivity index (χ1) is 21.8. The number of likely N-dealkylation sites (tertiary alicyclic amines) is 1. The quantitative estimate of drug-likeness (QED) is 0.0832. The van der Waals surface area contributed by atoms with E-state index in [0.717, 1.165) is 18.4 Å². The molecule has 1 aliphatic heterocycles. The molecule has 47 heavy (non-hydrogen) atoms. The van der Waals surface area contributed by atoms with Crippen molar-refractivity contribution in [1.29, 1.82) is 0 Å². The largest absolute Gasteiger partial charge is 0.365 e. The maximum atomic E-state index is 14.4. The number of terminal acetylenes is 1. The first-order valence-electron chi connectivity index (χ1n) is 16.5. The molecule has 1 heterocycles. The second-order valence-electron chi connectivity index (χ2n) is 15.2. The summed E-state index contributed by atoms with van der Waals surface area (Å²) in [7, 11) is 0. The van der Waals surface area contributed by atoms with Gasteiger partial charge in [-0.05, 0) is 50.9 Å². The Kier molecular flexibility index (Phi) is 12.2. The van der Waals surface area contributed by atoms with Gasteiger partial charge in [-0.15, -0.1) is 12.3 Å². The van der Waals surface area contributed by atoms with Crippen molar-refractivity contribution in [3.05, 3.63) is 35.4 Å². The summed E-state index contributed by atoms with van der Waals surface area (Å²) in [6.45, 7) is 15.0. The van der Waals surface area contributed by atoms with Gasteiger partial charge in [-0.1, -0.05) is 77.3 Å². The average Bonchev–Trinajstić information content (AvgIpc) is 3.69. The number of rotatable bonds is 15. The van der Waals surface area contributed by atoms with Crippen molar-refractivity contribution in [3.8, 4) is 12.3 Å². The molecule has 1 saturated carbocycles. The molecule has 2 fully saturated rings. The van der Waals surface area contributed by atoms with Gasteiger partial charge in [-0.2, -0.15) is 0 Å². The zero-order valence-electron chi connectivity index (χ0n) is 29.1. The molecular weight excluding hydrogens is 598 g/mol. The van der Waals surface area contributed by atoms with Crippen LogP contribution in [0.1, 0.15) is 90.1 Å². The number of primary amides is 1. The second-order valence-corrected chi connectivity index (χ2v) is 15.2. The average molecular weight is 652 g/mol. The number of amides is 3. The molecule has 2 unspecified atom stereocenters. The van der Waals surface area contributed by atoms with E-state index in [1.165, 1.54) is 4.90 Å². The van der Waals surface area contributed by atoms with Crippen LogP contribution in [0.3, 0.4) is 0 Å². The molecule has 2 aliphatic rings. The molecule has 0 spiro atoms. The number of nitrogens with zero attached hydrogens (tertiary/aromatic N) is 1. The summed E-state index contributed by atoms with van der Waals surface area (Å²) in [5.74, 6) is -0.905. The standard InChI is InChI=1S/C36H53N5O6/c1-10-36(8,9)24-17-18-41(27(24)32(45)38-25(19-22-13-14-22)29(43)31(37)44)33(46)30(35(5,6)7)40-34(47)39-26(20(2)3)28(42)23-15-11-21(4)12-16-23/h1,11-12,15-16,20,22,24-27,30,34,39-40,47H,13-14,17-19H2,2-9H3,(H2,37,44)(H,38,45)/t24-,25?,26-,27-,30+,34?/m0/s1. The molecular formula is C36H53N5O6. The van der Waals surface area contributed by atoms with Crippen molar-refractivity contribution >= 4 is 29.3 Å². The van der Waals surface area contributed by atoms with Crippen molar-refractivity contribution < 1.29 is 29.1 Å². The van der Waals surface area contributed by atoms with Crippen LogP contribution in [0.5, 0.6) is 0 Å². The van der Waals surface area contributed by atoms with Gasteiger partial charge in [0.15, 0.2) is 12.1 Å². The first kappa shape index (κ1) is 37.9. The van der Waals surface area contributed by atoms with Gasteiger partial charge in [-0.3, -0.25) is 34.6 Å².